The SMILES string of the molecule is Br.CCOc1ccc(N2N=C(C(C)=O)N(c3ccc(OCC)cc3)N2)cc1. The van der Waals surface area contributed by atoms with Gasteiger partial charge in [0.1, 0.15) is 11.5 Å². The van der Waals surface area contributed by atoms with Crippen molar-refractivity contribution in [2.75, 3.05) is 23.3 Å². The molecule has 0 spiro atoms. The summed E-state index contributed by atoms with van der Waals surface area (Å²) in [6, 6.07) is 14.9. The molecule has 0 saturated heterocycles. The van der Waals surface area contributed by atoms with Crippen LogP contribution in [0.4, 0.5) is 11.4 Å². The van der Waals surface area contributed by atoms with E-state index in [1.807, 2.05) is 62.4 Å². The van der Waals surface area contributed by atoms with Crippen LogP contribution in [0.5, 0.6) is 11.5 Å². The van der Waals surface area contributed by atoms with E-state index in [1.165, 1.54) is 6.92 Å². The standard InChI is InChI=1S/C19H22N4O3.BrH/c1-4-25-17-10-6-15(7-11-17)22-19(14(3)24)20-23(21-22)16-8-12-18(13-9-16)26-5-2;/h6-13,21H,4-5H2,1-3H3;1H. The number of ketones is 1. The molecule has 144 valence electrons. The third-order valence-electron chi connectivity index (χ3n) is 3.71. The summed E-state index contributed by atoms with van der Waals surface area (Å²) in [4.78, 5) is 12.0. The Kier molecular flexibility index (Phi) is 7.20. The Morgan fingerprint density at radius 2 is 1.41 bits per heavy atom. The molecule has 0 aliphatic carbocycles. The van der Waals surface area contributed by atoms with Gasteiger partial charge in [-0.3, -0.25) is 4.79 Å². The van der Waals surface area contributed by atoms with Crippen molar-refractivity contribution in [2.24, 2.45) is 5.10 Å². The van der Waals surface area contributed by atoms with Crippen LogP contribution in [0.25, 0.3) is 0 Å². The van der Waals surface area contributed by atoms with E-state index in [9.17, 15) is 4.79 Å². The minimum absolute atomic E-state index is 0. The Labute approximate surface area is 169 Å². The van der Waals surface area contributed by atoms with Crippen LogP contribution in [0.2, 0.25) is 0 Å². The van der Waals surface area contributed by atoms with Gasteiger partial charge in [-0.15, -0.1) is 27.6 Å². The number of hydrazone groups is 1. The van der Waals surface area contributed by atoms with E-state index in [2.05, 4.69) is 10.6 Å². The quantitative estimate of drug-likeness (QED) is 0.716. The molecule has 8 heteroatoms. The topological polar surface area (TPSA) is 66.4 Å². The molecule has 7 nitrogen and oxygen atoms in total. The average molecular weight is 435 g/mol. The van der Waals surface area contributed by atoms with Crippen molar-refractivity contribution in [1.29, 1.82) is 0 Å². The number of rotatable bonds is 7. The maximum atomic E-state index is 12.0. The first-order chi connectivity index (χ1) is 12.6. The lowest BCUT2D eigenvalue weighted by Crippen LogP contribution is -2.45. The number of benzene rings is 2. The second kappa shape index (κ2) is 9.38. The second-order valence-corrected chi connectivity index (χ2v) is 5.58. The average Bonchev–Trinajstić information content (AvgIpc) is 3.09. The van der Waals surface area contributed by atoms with E-state index in [0.717, 1.165) is 22.9 Å². The molecule has 0 radical (unpaired) electrons. The normalized spacial score (nSPS) is 13.1. The maximum absolute atomic E-state index is 12.0. The molecule has 1 aliphatic rings. The predicted octanol–water partition coefficient (Wildman–Crippen LogP) is 3.71. The molecular weight excluding hydrogens is 412 g/mol. The van der Waals surface area contributed by atoms with Crippen LogP contribution in [0, 0.1) is 0 Å². The van der Waals surface area contributed by atoms with Gasteiger partial charge in [0, 0.05) is 6.92 Å². The smallest absolute Gasteiger partial charge is 0.214 e. The van der Waals surface area contributed by atoms with Crippen molar-refractivity contribution >= 4 is 40.0 Å². The molecular formula is C19H23BrN4O3. The van der Waals surface area contributed by atoms with Gasteiger partial charge in [-0.25, -0.2) is 5.01 Å². The van der Waals surface area contributed by atoms with Crippen LogP contribution in [-0.2, 0) is 4.79 Å². The van der Waals surface area contributed by atoms with Crippen LogP contribution in [-0.4, -0.2) is 24.8 Å². The Hall–Kier alpha value is -2.58. The number of carbonyl (C=O) groups excluding carboxylic acids is 1. The largest absolute Gasteiger partial charge is 0.494 e. The minimum atomic E-state index is -0.139. The highest BCUT2D eigenvalue weighted by atomic mass is 79.9. The molecule has 0 atom stereocenters. The van der Waals surface area contributed by atoms with E-state index in [-0.39, 0.29) is 22.8 Å². The van der Waals surface area contributed by atoms with E-state index in [4.69, 9.17) is 9.47 Å². The Morgan fingerprint density at radius 3 is 1.85 bits per heavy atom. The van der Waals surface area contributed by atoms with Crippen molar-refractivity contribution in [3.8, 4) is 11.5 Å². The zero-order chi connectivity index (χ0) is 18.5. The summed E-state index contributed by atoms with van der Waals surface area (Å²) >= 11 is 0. The van der Waals surface area contributed by atoms with Crippen molar-refractivity contribution in [1.82, 2.24) is 5.53 Å². The zero-order valence-electron chi connectivity index (χ0n) is 15.5. The van der Waals surface area contributed by atoms with Crippen molar-refractivity contribution in [3.63, 3.8) is 0 Å². The number of ether oxygens (including phenoxy) is 2. The lowest BCUT2D eigenvalue weighted by Gasteiger charge is -2.21. The van der Waals surface area contributed by atoms with Crippen molar-refractivity contribution < 1.29 is 14.3 Å². The molecule has 1 aliphatic heterocycles. The highest BCUT2D eigenvalue weighted by molar-refractivity contribution is 8.93. The Balaban J connectivity index is 0.00000261. The summed E-state index contributed by atoms with van der Waals surface area (Å²) in [5.41, 5.74) is 4.70. The number of halogens is 1. The van der Waals surface area contributed by atoms with Crippen LogP contribution in [0.1, 0.15) is 20.8 Å². The summed E-state index contributed by atoms with van der Waals surface area (Å²) in [5.74, 6) is 1.73. The maximum Gasteiger partial charge on any atom is 0.214 e. The molecule has 1 N–H and O–H groups in total. The number of nitrogens with zero attached hydrogens (tertiary/aromatic N) is 3. The van der Waals surface area contributed by atoms with Gasteiger partial charge in [0.25, 0.3) is 0 Å². The van der Waals surface area contributed by atoms with Gasteiger partial charge in [0.15, 0.2) is 5.78 Å². The molecule has 0 unspecified atom stereocenters. The number of hydrogen-bond acceptors (Lipinski definition) is 7. The van der Waals surface area contributed by atoms with Crippen molar-refractivity contribution in [2.45, 2.75) is 20.8 Å². The fourth-order valence-electron chi connectivity index (χ4n) is 2.54. The van der Waals surface area contributed by atoms with Crippen LogP contribution in [0.3, 0.4) is 0 Å². The third kappa shape index (κ3) is 4.78. The Bertz CT molecular complexity index is 794. The minimum Gasteiger partial charge on any atom is -0.494 e. The summed E-state index contributed by atoms with van der Waals surface area (Å²) < 4.78 is 10.9. The second-order valence-electron chi connectivity index (χ2n) is 5.58. The number of anilines is 2. The lowest BCUT2D eigenvalue weighted by molar-refractivity contribution is -0.111. The van der Waals surface area contributed by atoms with E-state index in [1.54, 1.807) is 10.1 Å². The van der Waals surface area contributed by atoms with Gasteiger partial charge in [-0.2, -0.15) is 5.12 Å². The van der Waals surface area contributed by atoms with Gasteiger partial charge < -0.3 is 9.47 Å². The molecule has 0 fully saturated rings. The summed E-state index contributed by atoms with van der Waals surface area (Å²) in [6.07, 6.45) is 0. The van der Waals surface area contributed by atoms with Gasteiger partial charge in [-0.1, -0.05) is 0 Å². The highest BCUT2D eigenvalue weighted by Crippen LogP contribution is 2.25. The summed E-state index contributed by atoms with van der Waals surface area (Å²) in [5, 5.41) is 7.60. The fraction of sp³-hybridized carbons (Fsp3) is 0.263. The van der Waals surface area contributed by atoms with Crippen LogP contribution >= 0.6 is 17.0 Å². The first kappa shape index (κ1) is 20.7. The molecule has 0 saturated carbocycles. The zero-order valence-corrected chi connectivity index (χ0v) is 17.2. The molecule has 2 aromatic carbocycles. The van der Waals surface area contributed by atoms with Crippen LogP contribution < -0.4 is 25.1 Å². The van der Waals surface area contributed by atoms with Gasteiger partial charge in [0.2, 0.25) is 5.84 Å². The van der Waals surface area contributed by atoms with E-state index < -0.39 is 0 Å². The molecule has 1 heterocycles. The first-order valence-corrected chi connectivity index (χ1v) is 8.54. The number of hydrazine groups is 2. The Morgan fingerprint density at radius 1 is 0.926 bits per heavy atom. The number of Topliss-reactive ketones (excluding diaryl/α,β-unsaturated/α-hetero) is 1. The molecule has 0 amide bonds. The number of hydrogen-bond donors (Lipinski definition) is 1. The third-order valence-corrected chi connectivity index (χ3v) is 3.71. The molecule has 2 aromatic rings. The molecule has 0 bridgehead atoms. The molecule has 0 aromatic heterocycles. The van der Waals surface area contributed by atoms with Gasteiger partial charge in [-0.05, 0) is 62.4 Å². The summed E-state index contributed by atoms with van der Waals surface area (Å²) in [6.45, 7) is 6.58. The van der Waals surface area contributed by atoms with Gasteiger partial charge in [0.05, 0.1) is 24.6 Å². The van der Waals surface area contributed by atoms with E-state index >= 15 is 0 Å². The number of carbonyl (C=O) groups is 1. The van der Waals surface area contributed by atoms with Crippen LogP contribution in [0.15, 0.2) is 53.6 Å². The van der Waals surface area contributed by atoms with Crippen molar-refractivity contribution in [3.05, 3.63) is 48.5 Å². The summed E-state index contributed by atoms with van der Waals surface area (Å²) in [7, 11) is 0. The number of nitrogens with one attached hydrogen (secondary N) is 1. The molecule has 3 rings (SSSR count). The highest BCUT2D eigenvalue weighted by Gasteiger charge is 2.28. The monoisotopic (exact) mass is 434 g/mol. The lowest BCUT2D eigenvalue weighted by atomic mass is 10.2. The fourth-order valence-corrected chi connectivity index (χ4v) is 2.54. The number of amidine groups is 1. The van der Waals surface area contributed by atoms with Gasteiger partial charge >= 0.3 is 0 Å². The first-order valence-electron chi connectivity index (χ1n) is 8.54. The molecule has 27 heavy (non-hydrogen) atoms. The van der Waals surface area contributed by atoms with E-state index in [0.29, 0.717) is 19.0 Å². The predicted molar refractivity (Wildman–Crippen MR) is 112 cm³/mol.